The molecule has 3 heterocycles. The lowest BCUT2D eigenvalue weighted by molar-refractivity contribution is -0.327. The molecular formula is C26H38O12. The summed E-state index contributed by atoms with van der Waals surface area (Å²) < 4.78 is 28.1. The summed E-state index contributed by atoms with van der Waals surface area (Å²) in [6, 6.07) is 0. The minimum Gasteiger partial charge on any atom is -0.468 e. The normalized spacial score (nSPS) is 45.5. The highest BCUT2D eigenvalue weighted by molar-refractivity contribution is 5.91. The quantitative estimate of drug-likeness (QED) is 0.225. The van der Waals surface area contributed by atoms with Crippen LogP contribution in [-0.4, -0.2) is 100 Å². The number of carbonyl (C=O) groups excluding carboxylic acids is 2. The predicted octanol–water partition coefficient (Wildman–Crippen LogP) is -0.635. The van der Waals surface area contributed by atoms with Crippen LogP contribution in [0.2, 0.25) is 0 Å². The van der Waals surface area contributed by atoms with E-state index in [1.807, 2.05) is 13.8 Å². The predicted molar refractivity (Wildman–Crippen MR) is 128 cm³/mol. The van der Waals surface area contributed by atoms with Crippen LogP contribution in [0.15, 0.2) is 23.5 Å². The van der Waals surface area contributed by atoms with E-state index in [4.69, 9.17) is 23.7 Å². The van der Waals surface area contributed by atoms with E-state index < -0.39 is 67.6 Å². The van der Waals surface area contributed by atoms with E-state index >= 15 is 0 Å². The van der Waals surface area contributed by atoms with E-state index in [1.54, 1.807) is 13.0 Å². The van der Waals surface area contributed by atoms with E-state index in [9.17, 15) is 35.1 Å². The molecular weight excluding hydrogens is 504 g/mol. The SMILES string of the molecule is CC=C1C(OC2OC(CO)C(O)C(O)C2O)OC=C2C(=O)OCC(C)C3C(O)CC(C)C3COC(=O)CC21. The lowest BCUT2D eigenvalue weighted by Crippen LogP contribution is -2.60. The molecule has 0 radical (unpaired) electrons. The van der Waals surface area contributed by atoms with E-state index in [2.05, 4.69) is 0 Å². The van der Waals surface area contributed by atoms with Crippen molar-refractivity contribution in [1.82, 2.24) is 0 Å². The number of ether oxygens (including phenoxy) is 5. The van der Waals surface area contributed by atoms with E-state index in [0.717, 1.165) is 6.26 Å². The van der Waals surface area contributed by atoms with E-state index in [-0.39, 0.29) is 48.9 Å². The highest BCUT2D eigenvalue weighted by Gasteiger charge is 2.48. The zero-order chi connectivity index (χ0) is 27.7. The molecule has 1 saturated carbocycles. The Morgan fingerprint density at radius 3 is 2.45 bits per heavy atom. The van der Waals surface area contributed by atoms with Gasteiger partial charge >= 0.3 is 11.9 Å². The summed E-state index contributed by atoms with van der Waals surface area (Å²) in [4.78, 5) is 26.1. The smallest absolute Gasteiger partial charge is 0.337 e. The monoisotopic (exact) mass is 542 g/mol. The zero-order valence-corrected chi connectivity index (χ0v) is 21.7. The van der Waals surface area contributed by atoms with Crippen molar-refractivity contribution in [3.8, 4) is 0 Å². The van der Waals surface area contributed by atoms with Crippen LogP contribution in [0.3, 0.4) is 0 Å². The molecule has 12 atom stereocenters. The summed E-state index contributed by atoms with van der Waals surface area (Å²) in [5.41, 5.74) is 0.439. The van der Waals surface area contributed by atoms with E-state index in [1.165, 1.54) is 0 Å². The van der Waals surface area contributed by atoms with Gasteiger partial charge in [-0.05, 0) is 31.1 Å². The average Bonchev–Trinajstić information content (AvgIpc) is 3.18. The van der Waals surface area contributed by atoms with Crippen molar-refractivity contribution in [1.29, 1.82) is 0 Å². The first-order chi connectivity index (χ1) is 18.1. The van der Waals surface area contributed by atoms with Gasteiger partial charge in [0.25, 0.3) is 0 Å². The van der Waals surface area contributed by atoms with Gasteiger partial charge in [-0.1, -0.05) is 19.9 Å². The molecule has 2 saturated heterocycles. The number of rotatable bonds is 3. The molecule has 0 aromatic rings. The first-order valence-electron chi connectivity index (χ1n) is 13.1. The molecule has 0 bridgehead atoms. The molecule has 12 heteroatoms. The van der Waals surface area contributed by atoms with Gasteiger partial charge in [-0.15, -0.1) is 0 Å². The van der Waals surface area contributed by atoms with Gasteiger partial charge in [0.2, 0.25) is 6.29 Å². The van der Waals surface area contributed by atoms with Crippen molar-refractivity contribution < 1.29 is 58.8 Å². The van der Waals surface area contributed by atoms with Gasteiger partial charge in [0.1, 0.15) is 24.4 Å². The van der Waals surface area contributed by atoms with Gasteiger partial charge in [0.05, 0.1) is 44.2 Å². The number of allylic oxidation sites excluding steroid dienone is 1. The third kappa shape index (κ3) is 5.62. The number of cyclic esters (lactones) is 2. The fourth-order valence-electron chi connectivity index (χ4n) is 6.08. The lowest BCUT2D eigenvalue weighted by Gasteiger charge is -2.42. The standard InChI is InChI=1S/C26H38O12/c1-4-13-14-6-19(29)34-9-15-11(2)5-17(28)20(15)12(3)8-35-24(33)16(14)10-36-25(13)38-26-23(32)22(31)21(30)18(7-27)37-26/h4,10-12,14-15,17-18,20-23,25-28,30-32H,5-9H2,1-3H3. The molecule has 1 aliphatic carbocycles. The van der Waals surface area contributed by atoms with E-state index in [0.29, 0.717) is 12.0 Å². The highest BCUT2D eigenvalue weighted by atomic mass is 16.8. The summed E-state index contributed by atoms with van der Waals surface area (Å²) in [7, 11) is 0. The topological polar surface area (TPSA) is 181 Å². The van der Waals surface area contributed by atoms with Crippen LogP contribution in [0.5, 0.6) is 0 Å². The molecule has 4 aliphatic rings. The molecule has 214 valence electrons. The van der Waals surface area contributed by atoms with Crippen molar-refractivity contribution in [2.45, 2.75) is 76.7 Å². The highest BCUT2D eigenvalue weighted by Crippen LogP contribution is 2.43. The Bertz CT molecular complexity index is 931. The molecule has 4 rings (SSSR count). The Morgan fingerprint density at radius 1 is 1.03 bits per heavy atom. The second kappa shape index (κ2) is 12.0. The molecule has 3 aliphatic heterocycles. The van der Waals surface area contributed by atoms with Crippen molar-refractivity contribution in [2.75, 3.05) is 19.8 Å². The Kier molecular flexibility index (Phi) is 9.13. The average molecular weight is 543 g/mol. The van der Waals surface area contributed by atoms with Gasteiger partial charge < -0.3 is 49.2 Å². The Hall–Kier alpha value is -2.06. The number of aliphatic hydroxyl groups is 5. The van der Waals surface area contributed by atoms with Crippen molar-refractivity contribution in [3.63, 3.8) is 0 Å². The van der Waals surface area contributed by atoms with Crippen LogP contribution >= 0.6 is 0 Å². The summed E-state index contributed by atoms with van der Waals surface area (Å²) >= 11 is 0. The maximum Gasteiger partial charge on any atom is 0.337 e. The second-order valence-electron chi connectivity index (χ2n) is 10.7. The van der Waals surface area contributed by atoms with Crippen LogP contribution in [0.1, 0.15) is 33.6 Å². The molecule has 12 unspecified atom stereocenters. The summed E-state index contributed by atoms with van der Waals surface area (Å²) in [6.07, 6.45) is -6.25. The van der Waals surface area contributed by atoms with Gasteiger partial charge in [-0.25, -0.2) is 4.79 Å². The van der Waals surface area contributed by atoms with Gasteiger partial charge in [0.15, 0.2) is 6.29 Å². The fraction of sp³-hybridized carbons (Fsp3) is 0.769. The van der Waals surface area contributed by atoms with Crippen LogP contribution < -0.4 is 0 Å². The number of hydrogen-bond acceptors (Lipinski definition) is 12. The summed E-state index contributed by atoms with van der Waals surface area (Å²) in [5, 5.41) is 50.6. The number of fused-ring (bicyclic) bond motifs is 2. The minimum absolute atomic E-state index is 0.0672. The van der Waals surface area contributed by atoms with Gasteiger partial charge in [0, 0.05) is 17.4 Å². The Morgan fingerprint density at radius 2 is 1.76 bits per heavy atom. The fourth-order valence-corrected chi connectivity index (χ4v) is 6.08. The van der Waals surface area contributed by atoms with Crippen molar-refractivity contribution in [2.24, 2.45) is 29.6 Å². The molecule has 5 N–H and O–H groups in total. The van der Waals surface area contributed by atoms with Crippen molar-refractivity contribution in [3.05, 3.63) is 23.5 Å². The minimum atomic E-state index is -1.66. The second-order valence-corrected chi connectivity index (χ2v) is 10.7. The zero-order valence-electron chi connectivity index (χ0n) is 21.7. The molecule has 38 heavy (non-hydrogen) atoms. The largest absolute Gasteiger partial charge is 0.468 e. The number of esters is 2. The number of carbonyl (C=O) groups is 2. The van der Waals surface area contributed by atoms with Gasteiger partial charge in [-0.2, -0.15) is 0 Å². The first kappa shape index (κ1) is 28.9. The number of hydrogen-bond donors (Lipinski definition) is 5. The molecule has 0 spiro atoms. The molecule has 0 amide bonds. The Balaban J connectivity index is 1.56. The van der Waals surface area contributed by atoms with Crippen LogP contribution in [0, 0.1) is 29.6 Å². The van der Waals surface area contributed by atoms with Crippen LogP contribution in [0.4, 0.5) is 0 Å². The maximum absolute atomic E-state index is 13.1. The lowest BCUT2D eigenvalue weighted by atomic mass is 9.82. The molecule has 12 nitrogen and oxygen atoms in total. The third-order valence-electron chi connectivity index (χ3n) is 8.27. The van der Waals surface area contributed by atoms with Crippen LogP contribution in [-0.2, 0) is 33.3 Å². The molecule has 0 aromatic carbocycles. The maximum atomic E-state index is 13.1. The summed E-state index contributed by atoms with van der Waals surface area (Å²) in [5.74, 6) is -2.37. The van der Waals surface area contributed by atoms with Crippen molar-refractivity contribution >= 4 is 11.9 Å². The molecule has 3 fully saturated rings. The Labute approximate surface area is 220 Å². The molecule has 0 aromatic heterocycles. The van der Waals surface area contributed by atoms with Crippen LogP contribution in [0.25, 0.3) is 0 Å². The third-order valence-corrected chi connectivity index (χ3v) is 8.27. The first-order valence-corrected chi connectivity index (χ1v) is 13.1. The summed E-state index contributed by atoms with van der Waals surface area (Å²) in [6.45, 7) is 5.13. The van der Waals surface area contributed by atoms with Gasteiger partial charge in [-0.3, -0.25) is 4.79 Å². The number of aliphatic hydroxyl groups excluding tert-OH is 5.